The van der Waals surface area contributed by atoms with Crippen LogP contribution in [0.25, 0.3) is 0 Å². The fourth-order valence-electron chi connectivity index (χ4n) is 5.00. The van der Waals surface area contributed by atoms with Gasteiger partial charge in [-0.2, -0.15) is 0 Å². The Kier molecular flexibility index (Phi) is 4.24. The van der Waals surface area contributed by atoms with Crippen molar-refractivity contribution >= 4 is 33.4 Å². The van der Waals surface area contributed by atoms with Crippen LogP contribution < -0.4 is 0 Å². The molecule has 3 aliphatic rings. The second-order valence-corrected chi connectivity index (χ2v) is 8.48. The average Bonchev–Trinajstić information content (AvgIpc) is 3.37. The average molecular weight is 468 g/mol. The second-order valence-electron chi connectivity index (χ2n) is 7.57. The molecule has 30 heavy (non-hydrogen) atoms. The third-order valence-corrected chi connectivity index (χ3v) is 6.74. The first-order chi connectivity index (χ1) is 14.4. The molecule has 152 valence electrons. The molecule has 0 spiro atoms. The Labute approximate surface area is 181 Å². The van der Waals surface area contributed by atoms with Crippen molar-refractivity contribution < 1.29 is 24.2 Å². The zero-order chi connectivity index (χ0) is 21.1. The van der Waals surface area contributed by atoms with E-state index in [0.29, 0.717) is 23.4 Å². The number of ether oxygens (including phenoxy) is 2. The maximum atomic E-state index is 13.7. The van der Waals surface area contributed by atoms with Gasteiger partial charge in [0, 0.05) is 4.47 Å². The Balaban J connectivity index is 1.85. The molecule has 4 atom stereocenters. The van der Waals surface area contributed by atoms with Crippen LogP contribution in [0.4, 0.5) is 0 Å². The molecule has 1 aliphatic carbocycles. The van der Waals surface area contributed by atoms with Gasteiger partial charge in [0.15, 0.2) is 11.4 Å². The quantitative estimate of drug-likeness (QED) is 0.553. The van der Waals surface area contributed by atoms with Gasteiger partial charge in [-0.15, -0.1) is 0 Å². The fourth-order valence-corrected chi connectivity index (χ4v) is 5.27. The number of benzene rings is 2. The van der Waals surface area contributed by atoms with Crippen molar-refractivity contribution in [3.8, 4) is 0 Å². The molecule has 0 bridgehead atoms. The number of nitrogens with zero attached hydrogens (tertiary/aromatic N) is 1. The first kappa shape index (κ1) is 19.2. The van der Waals surface area contributed by atoms with Crippen molar-refractivity contribution in [2.45, 2.75) is 17.1 Å². The van der Waals surface area contributed by atoms with E-state index in [1.54, 1.807) is 18.2 Å². The lowest BCUT2D eigenvalue weighted by molar-refractivity contribution is -0.150. The SMILES string of the molecule is COC(=O)[C@H]1C(=O)[C@@]2(O)C3=NCC=C3O[C@@]2(c2ccc(Br)cc2)[C@@H]1c1ccccc1. The van der Waals surface area contributed by atoms with Crippen molar-refractivity contribution in [2.24, 2.45) is 10.9 Å². The molecule has 5 rings (SSSR count). The topological polar surface area (TPSA) is 85.2 Å². The lowest BCUT2D eigenvalue weighted by atomic mass is 9.71. The van der Waals surface area contributed by atoms with Gasteiger partial charge < -0.3 is 14.6 Å². The Hall–Kier alpha value is -2.77. The summed E-state index contributed by atoms with van der Waals surface area (Å²) in [4.78, 5) is 30.9. The van der Waals surface area contributed by atoms with Gasteiger partial charge >= 0.3 is 5.97 Å². The molecular formula is C23H18BrNO5. The van der Waals surface area contributed by atoms with E-state index in [0.717, 1.165) is 4.47 Å². The van der Waals surface area contributed by atoms with Crippen LogP contribution in [0.15, 0.2) is 75.9 Å². The molecule has 6 nitrogen and oxygen atoms in total. The van der Waals surface area contributed by atoms with Crippen molar-refractivity contribution in [2.75, 3.05) is 13.7 Å². The number of Topliss-reactive ketones (excluding diaryl/α,β-unsaturated/α-hetero) is 1. The van der Waals surface area contributed by atoms with Crippen molar-refractivity contribution in [1.29, 1.82) is 0 Å². The minimum atomic E-state index is -2.11. The molecule has 2 heterocycles. The Morgan fingerprint density at radius 1 is 1.20 bits per heavy atom. The molecule has 2 aliphatic heterocycles. The molecule has 2 aromatic carbocycles. The lowest BCUT2D eigenvalue weighted by Crippen LogP contribution is -2.54. The Bertz CT molecular complexity index is 1110. The molecule has 7 heteroatoms. The Morgan fingerprint density at radius 3 is 2.57 bits per heavy atom. The zero-order valence-electron chi connectivity index (χ0n) is 16.0. The number of ketones is 1. The molecule has 0 amide bonds. The van der Waals surface area contributed by atoms with Crippen LogP contribution in [0.5, 0.6) is 0 Å². The summed E-state index contributed by atoms with van der Waals surface area (Å²) in [5, 5.41) is 12.0. The van der Waals surface area contributed by atoms with Crippen molar-refractivity contribution in [3.05, 3.63) is 82.0 Å². The number of fused-ring (bicyclic) bond motifs is 3. The first-order valence-corrected chi connectivity index (χ1v) is 10.3. The van der Waals surface area contributed by atoms with Gasteiger partial charge in [0.25, 0.3) is 0 Å². The van der Waals surface area contributed by atoms with E-state index in [1.807, 2.05) is 42.5 Å². The van der Waals surface area contributed by atoms with E-state index in [2.05, 4.69) is 20.9 Å². The van der Waals surface area contributed by atoms with Gasteiger partial charge in [-0.25, -0.2) is 0 Å². The summed E-state index contributed by atoms with van der Waals surface area (Å²) in [6.45, 7) is 0.315. The molecule has 2 aromatic rings. The molecule has 1 saturated heterocycles. The number of methoxy groups -OCH3 is 1. The second kappa shape index (κ2) is 6.62. The summed E-state index contributed by atoms with van der Waals surface area (Å²) in [7, 11) is 1.24. The van der Waals surface area contributed by atoms with Crippen LogP contribution in [0.3, 0.4) is 0 Å². The van der Waals surface area contributed by atoms with Crippen LogP contribution in [-0.2, 0) is 24.7 Å². The first-order valence-electron chi connectivity index (χ1n) is 9.55. The normalized spacial score (nSPS) is 31.5. The van der Waals surface area contributed by atoms with E-state index < -0.39 is 34.8 Å². The van der Waals surface area contributed by atoms with Crippen LogP contribution in [0, 0.1) is 5.92 Å². The number of esters is 1. The predicted octanol–water partition coefficient (Wildman–Crippen LogP) is 2.90. The number of hydrogen-bond acceptors (Lipinski definition) is 6. The molecule has 2 fully saturated rings. The summed E-state index contributed by atoms with van der Waals surface area (Å²) >= 11 is 3.43. The van der Waals surface area contributed by atoms with Crippen LogP contribution in [0.1, 0.15) is 17.0 Å². The highest BCUT2D eigenvalue weighted by Gasteiger charge is 2.80. The molecule has 0 aromatic heterocycles. The van der Waals surface area contributed by atoms with Gasteiger partial charge in [-0.3, -0.25) is 14.6 Å². The van der Waals surface area contributed by atoms with Gasteiger partial charge in [0.1, 0.15) is 17.4 Å². The predicted molar refractivity (Wildman–Crippen MR) is 112 cm³/mol. The molecule has 0 unspecified atom stereocenters. The summed E-state index contributed by atoms with van der Waals surface area (Å²) in [6.07, 6.45) is 1.74. The number of carbonyl (C=O) groups excluding carboxylic acids is 2. The standard InChI is InChI=1S/C23H18BrNO5/c1-29-21(27)17-18(13-5-3-2-4-6-13)23(14-7-9-15(24)10-8-14)22(28,20(17)26)19-16(30-23)11-12-25-19/h2-11,17-18,28H,12H2,1H3/t17-,18-,22+,23+/m1/s1. The summed E-state index contributed by atoms with van der Waals surface area (Å²) in [5.74, 6) is -3.02. The van der Waals surface area contributed by atoms with Gasteiger partial charge in [-0.1, -0.05) is 58.4 Å². The number of aliphatic hydroxyl groups is 1. The largest absolute Gasteiger partial charge is 0.476 e. The fraction of sp³-hybridized carbons (Fsp3) is 0.261. The van der Waals surface area contributed by atoms with E-state index in [1.165, 1.54) is 7.11 Å². The number of halogens is 1. The van der Waals surface area contributed by atoms with Crippen molar-refractivity contribution in [3.63, 3.8) is 0 Å². The number of hydrogen-bond donors (Lipinski definition) is 1. The Morgan fingerprint density at radius 2 is 1.90 bits per heavy atom. The van der Waals surface area contributed by atoms with Gasteiger partial charge in [0.2, 0.25) is 5.60 Å². The highest BCUT2D eigenvalue weighted by molar-refractivity contribution is 9.10. The summed E-state index contributed by atoms with van der Waals surface area (Å²) in [6, 6.07) is 16.4. The van der Waals surface area contributed by atoms with E-state index >= 15 is 0 Å². The maximum Gasteiger partial charge on any atom is 0.317 e. The van der Waals surface area contributed by atoms with E-state index in [-0.39, 0.29) is 5.71 Å². The van der Waals surface area contributed by atoms with Crippen LogP contribution in [-0.4, -0.2) is 41.8 Å². The molecular weight excluding hydrogens is 450 g/mol. The molecule has 1 N–H and O–H groups in total. The summed E-state index contributed by atoms with van der Waals surface area (Å²) < 4.78 is 12.3. The minimum Gasteiger partial charge on any atom is -0.476 e. The number of carbonyl (C=O) groups is 2. The highest BCUT2D eigenvalue weighted by Crippen LogP contribution is 2.64. The van der Waals surface area contributed by atoms with Crippen LogP contribution >= 0.6 is 15.9 Å². The summed E-state index contributed by atoms with van der Waals surface area (Å²) in [5.41, 5.74) is -2.19. The minimum absolute atomic E-state index is 0.183. The van der Waals surface area contributed by atoms with Crippen LogP contribution in [0.2, 0.25) is 0 Å². The molecule has 0 radical (unpaired) electrons. The third kappa shape index (κ3) is 2.24. The third-order valence-electron chi connectivity index (χ3n) is 6.21. The molecule has 1 saturated carbocycles. The highest BCUT2D eigenvalue weighted by atomic mass is 79.9. The number of aliphatic imine (C=N–C) groups is 1. The smallest absolute Gasteiger partial charge is 0.317 e. The monoisotopic (exact) mass is 467 g/mol. The van der Waals surface area contributed by atoms with E-state index in [9.17, 15) is 14.7 Å². The van der Waals surface area contributed by atoms with Crippen molar-refractivity contribution in [1.82, 2.24) is 0 Å². The zero-order valence-corrected chi connectivity index (χ0v) is 17.6. The van der Waals surface area contributed by atoms with E-state index in [4.69, 9.17) is 9.47 Å². The number of rotatable bonds is 3. The van der Waals surface area contributed by atoms with Gasteiger partial charge in [-0.05, 0) is 29.3 Å². The maximum absolute atomic E-state index is 13.7. The van der Waals surface area contributed by atoms with Gasteiger partial charge in [0.05, 0.1) is 19.6 Å². The lowest BCUT2D eigenvalue weighted by Gasteiger charge is -2.38.